The molecule has 1 aromatic carbocycles. The van der Waals surface area contributed by atoms with Gasteiger partial charge in [-0.3, -0.25) is 4.79 Å². The molecule has 0 fully saturated rings. The van der Waals surface area contributed by atoms with Crippen LogP contribution in [0.15, 0.2) is 24.3 Å². The number of benzene rings is 1. The van der Waals surface area contributed by atoms with Crippen LogP contribution in [0.1, 0.15) is 5.56 Å². The summed E-state index contributed by atoms with van der Waals surface area (Å²) < 4.78 is 66.0. The number of ether oxygens (including phenoxy) is 1. The Morgan fingerprint density at radius 1 is 1.24 bits per heavy atom. The first-order chi connectivity index (χ1) is 9.50. The first-order valence-electron chi connectivity index (χ1n) is 5.27. The lowest BCUT2D eigenvalue weighted by Gasteiger charge is -2.16. The third-order valence-electron chi connectivity index (χ3n) is 2.41. The van der Waals surface area contributed by atoms with Crippen LogP contribution in [0.25, 0.3) is 5.76 Å². The number of phenolic OH excluding ortho intramolecular Hbond substituents is 1. The van der Waals surface area contributed by atoms with Crippen LogP contribution < -0.4 is 4.74 Å². The highest BCUT2D eigenvalue weighted by Gasteiger charge is 2.62. The summed E-state index contributed by atoms with van der Waals surface area (Å²) >= 11 is 0. The van der Waals surface area contributed by atoms with E-state index < -0.39 is 35.0 Å². The molecule has 0 bridgehead atoms. The smallest absolute Gasteiger partial charge is 0.461 e. The number of carbonyl (C=O) groups is 1. The second kappa shape index (κ2) is 5.58. The molecule has 0 radical (unpaired) electrons. The Morgan fingerprint density at radius 3 is 2.24 bits per heavy atom. The second-order valence-electron chi connectivity index (χ2n) is 3.85. The number of hydrogen-bond acceptors (Lipinski definition) is 4. The van der Waals surface area contributed by atoms with Crippen LogP contribution in [0.2, 0.25) is 0 Å². The zero-order valence-corrected chi connectivity index (χ0v) is 10.4. The molecule has 0 aromatic heterocycles. The quantitative estimate of drug-likeness (QED) is 0.509. The fourth-order valence-corrected chi connectivity index (χ4v) is 1.29. The van der Waals surface area contributed by atoms with Gasteiger partial charge in [-0.05, 0) is 12.1 Å². The van der Waals surface area contributed by atoms with Gasteiger partial charge in [-0.15, -0.1) is 0 Å². The maximum Gasteiger partial charge on any atom is 0.461 e. The lowest BCUT2D eigenvalue weighted by atomic mass is 10.1. The zero-order valence-electron chi connectivity index (χ0n) is 10.4. The van der Waals surface area contributed by atoms with Gasteiger partial charge in [0.1, 0.15) is 17.3 Å². The maximum absolute atomic E-state index is 12.7. The molecule has 21 heavy (non-hydrogen) atoms. The fourth-order valence-electron chi connectivity index (χ4n) is 1.29. The number of allylic oxidation sites excluding steroid dienone is 1. The average Bonchev–Trinajstić information content (AvgIpc) is 2.36. The van der Waals surface area contributed by atoms with Crippen molar-refractivity contribution in [3.8, 4) is 11.5 Å². The molecule has 1 rings (SSSR count). The number of ketones is 1. The normalized spacial score (nSPS) is 13.1. The summed E-state index contributed by atoms with van der Waals surface area (Å²) in [5.74, 6) is -10.0. The molecule has 0 saturated carbocycles. The molecule has 0 unspecified atom stereocenters. The summed E-state index contributed by atoms with van der Waals surface area (Å²) in [6.07, 6.45) is -6.38. The van der Waals surface area contributed by atoms with E-state index in [0.717, 1.165) is 12.1 Å². The lowest BCUT2D eigenvalue weighted by Crippen LogP contribution is -2.43. The number of phenols is 1. The Balaban J connectivity index is 3.14. The van der Waals surface area contributed by atoms with Crippen molar-refractivity contribution in [2.45, 2.75) is 12.1 Å². The largest absolute Gasteiger partial charge is 0.507 e. The summed E-state index contributed by atoms with van der Waals surface area (Å²) in [5.41, 5.74) is -0.498. The average molecular weight is 312 g/mol. The summed E-state index contributed by atoms with van der Waals surface area (Å²) in [4.78, 5) is 10.9. The van der Waals surface area contributed by atoms with Gasteiger partial charge >= 0.3 is 12.1 Å². The van der Waals surface area contributed by atoms with E-state index in [1.807, 2.05) is 0 Å². The van der Waals surface area contributed by atoms with Crippen molar-refractivity contribution in [2.75, 3.05) is 7.11 Å². The van der Waals surface area contributed by atoms with E-state index in [1.54, 1.807) is 0 Å². The number of halogens is 5. The van der Waals surface area contributed by atoms with Gasteiger partial charge in [0, 0.05) is 12.1 Å². The highest BCUT2D eigenvalue weighted by molar-refractivity contribution is 6.01. The summed E-state index contributed by atoms with van der Waals surface area (Å²) in [7, 11) is 1.26. The van der Waals surface area contributed by atoms with Gasteiger partial charge in [0.2, 0.25) is 5.78 Å². The van der Waals surface area contributed by atoms with Crippen LogP contribution in [-0.2, 0) is 4.79 Å². The molecule has 0 aliphatic carbocycles. The molecule has 0 spiro atoms. The molecule has 0 saturated heterocycles. The van der Waals surface area contributed by atoms with Crippen molar-refractivity contribution in [3.63, 3.8) is 0 Å². The summed E-state index contributed by atoms with van der Waals surface area (Å²) in [5, 5.41) is 18.9. The first-order valence-corrected chi connectivity index (χ1v) is 5.27. The molecular weight excluding hydrogens is 303 g/mol. The summed E-state index contributed by atoms with van der Waals surface area (Å²) in [6, 6.07) is 3.16. The lowest BCUT2D eigenvalue weighted by molar-refractivity contribution is -0.266. The topological polar surface area (TPSA) is 66.8 Å². The minimum atomic E-state index is -6.08. The number of methoxy groups -OCH3 is 1. The second-order valence-corrected chi connectivity index (χ2v) is 3.85. The molecule has 0 heterocycles. The number of rotatable bonds is 4. The van der Waals surface area contributed by atoms with E-state index in [0.29, 0.717) is 0 Å². The minimum Gasteiger partial charge on any atom is -0.507 e. The van der Waals surface area contributed by atoms with Crippen LogP contribution in [0, 0.1) is 0 Å². The molecule has 116 valence electrons. The monoisotopic (exact) mass is 312 g/mol. The van der Waals surface area contributed by atoms with Crippen molar-refractivity contribution < 1.29 is 41.7 Å². The first kappa shape index (κ1) is 16.7. The number of aliphatic hydroxyl groups excluding tert-OH is 1. The van der Waals surface area contributed by atoms with Crippen molar-refractivity contribution >= 4 is 11.5 Å². The summed E-state index contributed by atoms with van der Waals surface area (Å²) in [6.45, 7) is 0. The predicted molar refractivity (Wildman–Crippen MR) is 61.3 cm³/mol. The third kappa shape index (κ3) is 3.41. The van der Waals surface area contributed by atoms with Crippen LogP contribution in [0.5, 0.6) is 11.5 Å². The van der Waals surface area contributed by atoms with Gasteiger partial charge in [0.25, 0.3) is 0 Å². The molecule has 4 nitrogen and oxygen atoms in total. The van der Waals surface area contributed by atoms with Crippen LogP contribution >= 0.6 is 0 Å². The SMILES string of the molecule is COc1ccc(C(O)=CC(=O)C(F)(F)C(F)(F)F)c(O)c1. The molecule has 0 amide bonds. The van der Waals surface area contributed by atoms with Crippen molar-refractivity contribution in [1.82, 2.24) is 0 Å². The highest BCUT2D eigenvalue weighted by atomic mass is 19.4. The number of carbonyl (C=O) groups excluding carboxylic acids is 1. The van der Waals surface area contributed by atoms with E-state index in [4.69, 9.17) is 4.74 Å². The molecular formula is C12H9F5O4. The van der Waals surface area contributed by atoms with Gasteiger partial charge in [0.15, 0.2) is 0 Å². The predicted octanol–water partition coefficient (Wildman–Crippen LogP) is 3.07. The zero-order chi connectivity index (χ0) is 16.4. The molecule has 9 heteroatoms. The number of aromatic hydroxyl groups is 1. The van der Waals surface area contributed by atoms with Gasteiger partial charge < -0.3 is 14.9 Å². The minimum absolute atomic E-state index is 0.149. The fraction of sp³-hybridized carbons (Fsp3) is 0.250. The Bertz CT molecular complexity index is 578. The third-order valence-corrected chi connectivity index (χ3v) is 2.41. The Kier molecular flexibility index (Phi) is 4.45. The Hall–Kier alpha value is -2.32. The number of hydrogen-bond donors (Lipinski definition) is 2. The molecule has 0 atom stereocenters. The van der Waals surface area contributed by atoms with Crippen LogP contribution in [-0.4, -0.2) is 35.2 Å². The van der Waals surface area contributed by atoms with Gasteiger partial charge in [0.05, 0.1) is 12.7 Å². The molecule has 0 aliphatic heterocycles. The van der Waals surface area contributed by atoms with Crippen molar-refractivity contribution in [1.29, 1.82) is 0 Å². The number of alkyl halides is 5. The molecule has 1 aromatic rings. The van der Waals surface area contributed by atoms with E-state index >= 15 is 0 Å². The van der Waals surface area contributed by atoms with Crippen LogP contribution in [0.3, 0.4) is 0 Å². The standard InChI is InChI=1S/C12H9F5O4/c1-21-6-2-3-7(8(18)4-6)9(19)5-10(20)11(13,14)12(15,16)17/h2-5,18-19H,1H3. The van der Waals surface area contributed by atoms with Gasteiger partial charge in [-0.25, -0.2) is 0 Å². The van der Waals surface area contributed by atoms with E-state index in [9.17, 15) is 37.0 Å². The van der Waals surface area contributed by atoms with Gasteiger partial charge in [-0.1, -0.05) is 0 Å². The molecule has 0 aliphatic rings. The van der Waals surface area contributed by atoms with Crippen molar-refractivity contribution in [3.05, 3.63) is 29.8 Å². The molecule has 2 N–H and O–H groups in total. The Labute approximate surface area is 115 Å². The highest BCUT2D eigenvalue weighted by Crippen LogP contribution is 2.37. The van der Waals surface area contributed by atoms with E-state index in [-0.39, 0.29) is 11.8 Å². The van der Waals surface area contributed by atoms with E-state index in [2.05, 4.69) is 0 Å². The Morgan fingerprint density at radius 2 is 1.81 bits per heavy atom. The van der Waals surface area contributed by atoms with Gasteiger partial charge in [-0.2, -0.15) is 22.0 Å². The van der Waals surface area contributed by atoms with Crippen molar-refractivity contribution in [2.24, 2.45) is 0 Å². The van der Waals surface area contributed by atoms with Crippen LogP contribution in [0.4, 0.5) is 22.0 Å². The number of aliphatic hydroxyl groups is 1. The van der Waals surface area contributed by atoms with E-state index in [1.165, 1.54) is 13.2 Å². The maximum atomic E-state index is 12.7.